The third-order valence-electron chi connectivity index (χ3n) is 6.28. The van der Waals surface area contributed by atoms with E-state index in [0.717, 1.165) is 24.4 Å². The van der Waals surface area contributed by atoms with Gasteiger partial charge in [-0.15, -0.1) is 0 Å². The monoisotopic (exact) mass is 454 g/mol. The van der Waals surface area contributed by atoms with Crippen molar-refractivity contribution < 1.29 is 4.74 Å². The minimum Gasteiger partial charge on any atom is -0.497 e. The summed E-state index contributed by atoms with van der Waals surface area (Å²) >= 11 is 0. The first-order valence-corrected chi connectivity index (χ1v) is 12.1. The molecule has 3 rings (SSSR count). The predicted octanol–water partition coefficient (Wildman–Crippen LogP) is 7.40. The van der Waals surface area contributed by atoms with Crippen LogP contribution in [0.4, 0.5) is 0 Å². The lowest BCUT2D eigenvalue weighted by Crippen LogP contribution is -2.29. The maximum atomic E-state index is 5.52. The van der Waals surface area contributed by atoms with Crippen LogP contribution in [0.5, 0.6) is 5.75 Å². The fourth-order valence-corrected chi connectivity index (χ4v) is 4.45. The van der Waals surface area contributed by atoms with Crippen LogP contribution in [-0.4, -0.2) is 19.5 Å². The Morgan fingerprint density at radius 3 is 2.24 bits per heavy atom. The van der Waals surface area contributed by atoms with Gasteiger partial charge in [0.2, 0.25) is 0 Å². The van der Waals surface area contributed by atoms with Crippen molar-refractivity contribution in [2.24, 2.45) is 10.4 Å². The number of rotatable bonds is 10. The number of methoxy groups -OCH3 is 1. The fourth-order valence-electron chi connectivity index (χ4n) is 4.45. The maximum Gasteiger partial charge on any atom is 0.119 e. The van der Waals surface area contributed by atoms with E-state index in [1.54, 1.807) is 7.11 Å². The van der Waals surface area contributed by atoms with Gasteiger partial charge in [-0.3, -0.25) is 4.99 Å². The van der Waals surface area contributed by atoms with Crippen molar-refractivity contribution in [3.05, 3.63) is 113 Å². The van der Waals surface area contributed by atoms with Gasteiger partial charge in [0, 0.05) is 18.2 Å². The zero-order valence-corrected chi connectivity index (χ0v) is 21.2. The van der Waals surface area contributed by atoms with E-state index in [2.05, 4.69) is 118 Å². The molecule has 0 spiro atoms. The zero-order chi connectivity index (χ0) is 24.4. The standard InChI is InChI=1S/C31H38N2O/c1-6-28(21-20-25-14-9-7-10-15-25)33-24(2)32-23-31(3,4)30(26-16-11-8-12-17-26)27-18-13-19-29(22-27)34-5/h6-19,22,30H,20-21,23H2,1-5H3,(H,32,33)/b28-6-. The molecule has 3 aromatic carbocycles. The molecule has 1 atom stereocenters. The van der Waals surface area contributed by atoms with Crippen LogP contribution in [0.15, 0.2) is 102 Å². The smallest absolute Gasteiger partial charge is 0.119 e. The van der Waals surface area contributed by atoms with Gasteiger partial charge in [0.25, 0.3) is 0 Å². The summed E-state index contributed by atoms with van der Waals surface area (Å²) in [6.07, 6.45) is 4.13. The number of nitrogens with one attached hydrogen (secondary N) is 1. The lowest BCUT2D eigenvalue weighted by atomic mass is 9.71. The Morgan fingerprint density at radius 1 is 0.941 bits per heavy atom. The van der Waals surface area contributed by atoms with E-state index in [9.17, 15) is 0 Å². The van der Waals surface area contributed by atoms with Crippen LogP contribution in [0.25, 0.3) is 0 Å². The molecule has 34 heavy (non-hydrogen) atoms. The third kappa shape index (κ3) is 7.08. The number of amidine groups is 1. The van der Waals surface area contributed by atoms with Crippen molar-refractivity contribution in [3.63, 3.8) is 0 Å². The summed E-state index contributed by atoms with van der Waals surface area (Å²) in [6.45, 7) is 9.45. The van der Waals surface area contributed by atoms with E-state index in [-0.39, 0.29) is 11.3 Å². The zero-order valence-electron chi connectivity index (χ0n) is 21.2. The quantitative estimate of drug-likeness (QED) is 0.256. The Labute approximate surface area is 205 Å². The number of aliphatic imine (C=N–C) groups is 1. The van der Waals surface area contributed by atoms with Gasteiger partial charge in [0.1, 0.15) is 5.75 Å². The first-order valence-electron chi connectivity index (χ1n) is 12.1. The van der Waals surface area contributed by atoms with Crippen molar-refractivity contribution >= 4 is 5.84 Å². The van der Waals surface area contributed by atoms with Crippen LogP contribution in [0.3, 0.4) is 0 Å². The second kappa shape index (κ2) is 12.2. The Bertz CT molecular complexity index is 1080. The second-order valence-electron chi connectivity index (χ2n) is 9.44. The minimum atomic E-state index is -0.100. The highest BCUT2D eigenvalue weighted by atomic mass is 16.5. The molecule has 0 aliphatic heterocycles. The summed E-state index contributed by atoms with van der Waals surface area (Å²) in [6, 6.07) is 29.7. The summed E-state index contributed by atoms with van der Waals surface area (Å²) in [4.78, 5) is 4.99. The van der Waals surface area contributed by atoms with Crippen molar-refractivity contribution in [1.82, 2.24) is 5.32 Å². The number of hydrogen-bond acceptors (Lipinski definition) is 2. The average Bonchev–Trinajstić information content (AvgIpc) is 2.86. The minimum absolute atomic E-state index is 0.100. The predicted molar refractivity (Wildman–Crippen MR) is 145 cm³/mol. The van der Waals surface area contributed by atoms with E-state index in [0.29, 0.717) is 6.54 Å². The van der Waals surface area contributed by atoms with E-state index < -0.39 is 0 Å². The number of nitrogens with zero attached hydrogens (tertiary/aromatic N) is 1. The van der Waals surface area contributed by atoms with Crippen LogP contribution >= 0.6 is 0 Å². The fraction of sp³-hybridized carbons (Fsp3) is 0.323. The highest BCUT2D eigenvalue weighted by molar-refractivity contribution is 5.81. The summed E-state index contributed by atoms with van der Waals surface area (Å²) in [5.74, 6) is 2.03. The van der Waals surface area contributed by atoms with E-state index in [1.807, 2.05) is 6.07 Å². The molecule has 0 aliphatic carbocycles. The Hall–Kier alpha value is -3.33. The summed E-state index contributed by atoms with van der Waals surface area (Å²) in [5, 5.41) is 3.54. The number of ether oxygens (including phenoxy) is 1. The number of allylic oxidation sites excluding steroid dienone is 2. The van der Waals surface area contributed by atoms with Crippen molar-refractivity contribution in [3.8, 4) is 5.75 Å². The molecule has 0 saturated carbocycles. The van der Waals surface area contributed by atoms with Crippen molar-refractivity contribution in [1.29, 1.82) is 0 Å². The molecule has 0 heterocycles. The van der Waals surface area contributed by atoms with Gasteiger partial charge in [-0.2, -0.15) is 0 Å². The topological polar surface area (TPSA) is 33.6 Å². The molecular formula is C31H38N2O. The van der Waals surface area contributed by atoms with Gasteiger partial charge in [-0.1, -0.05) is 92.7 Å². The maximum absolute atomic E-state index is 5.52. The van der Waals surface area contributed by atoms with Crippen LogP contribution in [0.2, 0.25) is 0 Å². The van der Waals surface area contributed by atoms with Crippen LogP contribution < -0.4 is 10.1 Å². The normalized spacial score (nSPS) is 13.4. The second-order valence-corrected chi connectivity index (χ2v) is 9.44. The molecule has 0 amide bonds. The van der Waals surface area contributed by atoms with Crippen molar-refractivity contribution in [2.45, 2.75) is 46.5 Å². The SMILES string of the molecule is C/C=C(/CCc1ccccc1)NC(C)=NCC(C)(C)C(c1ccccc1)c1cccc(OC)c1. The number of aryl methyl sites for hydroxylation is 1. The van der Waals surface area contributed by atoms with Gasteiger partial charge in [0.15, 0.2) is 0 Å². The molecule has 1 N–H and O–H groups in total. The van der Waals surface area contributed by atoms with E-state index in [4.69, 9.17) is 9.73 Å². The molecule has 0 aromatic heterocycles. The van der Waals surface area contributed by atoms with Gasteiger partial charge in [0.05, 0.1) is 12.9 Å². The van der Waals surface area contributed by atoms with E-state index in [1.165, 1.54) is 22.4 Å². The molecular weight excluding hydrogens is 416 g/mol. The molecule has 1 unspecified atom stereocenters. The van der Waals surface area contributed by atoms with Gasteiger partial charge in [-0.05, 0) is 60.9 Å². The highest BCUT2D eigenvalue weighted by Crippen LogP contribution is 2.42. The van der Waals surface area contributed by atoms with E-state index >= 15 is 0 Å². The van der Waals surface area contributed by atoms with Crippen LogP contribution in [0, 0.1) is 5.41 Å². The molecule has 0 radical (unpaired) electrons. The first kappa shape index (κ1) is 25.3. The molecule has 0 saturated heterocycles. The van der Waals surface area contributed by atoms with Crippen molar-refractivity contribution in [2.75, 3.05) is 13.7 Å². The van der Waals surface area contributed by atoms with Gasteiger partial charge >= 0.3 is 0 Å². The molecule has 0 bridgehead atoms. The third-order valence-corrected chi connectivity index (χ3v) is 6.28. The lowest BCUT2D eigenvalue weighted by molar-refractivity contribution is 0.329. The Morgan fingerprint density at radius 2 is 1.59 bits per heavy atom. The number of hydrogen-bond donors (Lipinski definition) is 1. The summed E-state index contributed by atoms with van der Waals surface area (Å²) in [5.41, 5.74) is 4.99. The number of benzene rings is 3. The Balaban J connectivity index is 1.75. The molecule has 178 valence electrons. The molecule has 0 fully saturated rings. The average molecular weight is 455 g/mol. The largest absolute Gasteiger partial charge is 0.497 e. The Kier molecular flexibility index (Phi) is 9.09. The first-order chi connectivity index (χ1) is 16.4. The van der Waals surface area contributed by atoms with Gasteiger partial charge in [-0.25, -0.2) is 0 Å². The highest BCUT2D eigenvalue weighted by Gasteiger charge is 2.32. The molecule has 0 aliphatic rings. The molecule has 3 nitrogen and oxygen atoms in total. The van der Waals surface area contributed by atoms with Crippen LogP contribution in [-0.2, 0) is 6.42 Å². The molecule has 3 heteroatoms. The lowest BCUT2D eigenvalue weighted by Gasteiger charge is -2.34. The molecule has 3 aromatic rings. The van der Waals surface area contributed by atoms with Crippen LogP contribution in [0.1, 0.15) is 56.7 Å². The summed E-state index contributed by atoms with van der Waals surface area (Å²) < 4.78 is 5.52. The van der Waals surface area contributed by atoms with Gasteiger partial charge < -0.3 is 10.1 Å². The summed E-state index contributed by atoms with van der Waals surface area (Å²) in [7, 11) is 1.72.